The van der Waals surface area contributed by atoms with E-state index in [2.05, 4.69) is 31.2 Å². The van der Waals surface area contributed by atoms with Crippen LogP contribution in [0, 0.1) is 0 Å². The van der Waals surface area contributed by atoms with E-state index in [4.69, 9.17) is 5.73 Å². The number of aryl methyl sites for hydroxylation is 1. The standard InChI is InChI=1S/C16H25N/c1-13(17)7-8-14-9-11-16(12-10-14)15-5-3-2-4-6-15/h9-13,15H,2-8,17H2,1H3. The van der Waals surface area contributed by atoms with Crippen LogP contribution < -0.4 is 5.73 Å². The van der Waals surface area contributed by atoms with Gasteiger partial charge in [-0.1, -0.05) is 43.5 Å². The molecule has 0 heterocycles. The van der Waals surface area contributed by atoms with Gasteiger partial charge in [0.2, 0.25) is 0 Å². The van der Waals surface area contributed by atoms with Crippen LogP contribution in [0.15, 0.2) is 24.3 Å². The van der Waals surface area contributed by atoms with Crippen molar-refractivity contribution in [2.45, 2.75) is 63.8 Å². The second-order valence-electron chi connectivity index (χ2n) is 5.59. The molecule has 94 valence electrons. The van der Waals surface area contributed by atoms with E-state index in [1.165, 1.54) is 37.7 Å². The Kier molecular flexibility index (Phi) is 4.61. The molecule has 1 atom stereocenters. The Morgan fingerprint density at radius 1 is 1.12 bits per heavy atom. The summed E-state index contributed by atoms with van der Waals surface area (Å²) in [5.41, 5.74) is 8.77. The van der Waals surface area contributed by atoms with E-state index in [0.717, 1.165) is 18.8 Å². The fraction of sp³-hybridized carbons (Fsp3) is 0.625. The lowest BCUT2D eigenvalue weighted by Gasteiger charge is -2.22. The Hall–Kier alpha value is -0.820. The predicted octanol–water partition coefficient (Wildman–Crippen LogP) is 4.01. The number of benzene rings is 1. The molecule has 0 aromatic heterocycles. The minimum Gasteiger partial charge on any atom is -0.328 e. The summed E-state index contributed by atoms with van der Waals surface area (Å²) in [6.45, 7) is 2.08. The zero-order valence-corrected chi connectivity index (χ0v) is 11.0. The monoisotopic (exact) mass is 231 g/mol. The van der Waals surface area contributed by atoms with Crippen LogP contribution in [0.3, 0.4) is 0 Å². The SMILES string of the molecule is CC(N)CCc1ccc(C2CCCCC2)cc1. The van der Waals surface area contributed by atoms with E-state index in [0.29, 0.717) is 6.04 Å². The first-order chi connectivity index (χ1) is 8.25. The summed E-state index contributed by atoms with van der Waals surface area (Å²) in [5, 5.41) is 0. The van der Waals surface area contributed by atoms with Gasteiger partial charge < -0.3 is 5.73 Å². The fourth-order valence-electron chi connectivity index (χ4n) is 2.79. The summed E-state index contributed by atoms with van der Waals surface area (Å²) >= 11 is 0. The summed E-state index contributed by atoms with van der Waals surface area (Å²) in [7, 11) is 0. The molecule has 1 nitrogen and oxygen atoms in total. The van der Waals surface area contributed by atoms with Crippen molar-refractivity contribution in [3.63, 3.8) is 0 Å². The van der Waals surface area contributed by atoms with Crippen molar-refractivity contribution < 1.29 is 0 Å². The molecule has 0 spiro atoms. The maximum Gasteiger partial charge on any atom is 0.00136 e. The van der Waals surface area contributed by atoms with E-state index in [1.54, 1.807) is 5.56 Å². The van der Waals surface area contributed by atoms with Gasteiger partial charge >= 0.3 is 0 Å². The normalized spacial score (nSPS) is 19.2. The molecule has 1 saturated carbocycles. The highest BCUT2D eigenvalue weighted by molar-refractivity contribution is 5.25. The van der Waals surface area contributed by atoms with Crippen molar-refractivity contribution in [2.24, 2.45) is 5.73 Å². The summed E-state index contributed by atoms with van der Waals surface area (Å²) < 4.78 is 0. The van der Waals surface area contributed by atoms with Gasteiger partial charge in [-0.05, 0) is 49.7 Å². The molecule has 17 heavy (non-hydrogen) atoms. The van der Waals surface area contributed by atoms with Gasteiger partial charge in [-0.15, -0.1) is 0 Å². The lowest BCUT2D eigenvalue weighted by Crippen LogP contribution is -2.15. The molecule has 1 aliphatic carbocycles. The summed E-state index contributed by atoms with van der Waals surface area (Å²) in [4.78, 5) is 0. The van der Waals surface area contributed by atoms with E-state index in [9.17, 15) is 0 Å². The molecule has 0 aliphatic heterocycles. The first-order valence-electron chi connectivity index (χ1n) is 7.10. The lowest BCUT2D eigenvalue weighted by atomic mass is 9.84. The largest absolute Gasteiger partial charge is 0.328 e. The Balaban J connectivity index is 1.92. The quantitative estimate of drug-likeness (QED) is 0.832. The number of hydrogen-bond acceptors (Lipinski definition) is 1. The second kappa shape index (κ2) is 6.20. The van der Waals surface area contributed by atoms with Crippen molar-refractivity contribution >= 4 is 0 Å². The Bertz CT molecular complexity index is 320. The summed E-state index contributed by atoms with van der Waals surface area (Å²) in [6, 6.07) is 9.59. The maximum absolute atomic E-state index is 5.79. The first-order valence-corrected chi connectivity index (χ1v) is 7.10. The maximum atomic E-state index is 5.79. The van der Waals surface area contributed by atoms with Gasteiger partial charge in [0.05, 0.1) is 0 Å². The topological polar surface area (TPSA) is 26.0 Å². The van der Waals surface area contributed by atoms with Crippen LogP contribution in [0.5, 0.6) is 0 Å². The molecular formula is C16H25N. The highest BCUT2D eigenvalue weighted by Crippen LogP contribution is 2.32. The molecule has 0 amide bonds. The second-order valence-corrected chi connectivity index (χ2v) is 5.59. The van der Waals surface area contributed by atoms with Crippen LogP contribution in [0.4, 0.5) is 0 Å². The lowest BCUT2D eigenvalue weighted by molar-refractivity contribution is 0.443. The molecule has 1 aromatic carbocycles. The molecule has 0 radical (unpaired) electrons. The van der Waals surface area contributed by atoms with Crippen molar-refractivity contribution in [3.8, 4) is 0 Å². The van der Waals surface area contributed by atoms with Gasteiger partial charge in [0, 0.05) is 6.04 Å². The minimum atomic E-state index is 0.313. The highest BCUT2D eigenvalue weighted by Gasteiger charge is 2.14. The predicted molar refractivity (Wildman–Crippen MR) is 74.2 cm³/mol. The van der Waals surface area contributed by atoms with Gasteiger partial charge in [0.25, 0.3) is 0 Å². The van der Waals surface area contributed by atoms with Gasteiger partial charge in [0.1, 0.15) is 0 Å². The highest BCUT2D eigenvalue weighted by atomic mass is 14.6. The van der Waals surface area contributed by atoms with Crippen molar-refractivity contribution in [2.75, 3.05) is 0 Å². The molecule has 2 N–H and O–H groups in total. The average molecular weight is 231 g/mol. The number of hydrogen-bond donors (Lipinski definition) is 1. The Labute approximate surface area is 105 Å². The van der Waals surface area contributed by atoms with Crippen LogP contribution in [0.2, 0.25) is 0 Å². The van der Waals surface area contributed by atoms with Crippen molar-refractivity contribution in [1.82, 2.24) is 0 Å². The first kappa shape index (κ1) is 12.6. The minimum absolute atomic E-state index is 0.313. The van der Waals surface area contributed by atoms with Crippen LogP contribution in [-0.2, 0) is 6.42 Å². The summed E-state index contributed by atoms with van der Waals surface area (Å²) in [6.07, 6.45) is 9.24. The molecule has 0 bridgehead atoms. The molecule has 0 saturated heterocycles. The molecule has 1 fully saturated rings. The van der Waals surface area contributed by atoms with Crippen LogP contribution in [-0.4, -0.2) is 6.04 Å². The van der Waals surface area contributed by atoms with Gasteiger partial charge in [-0.3, -0.25) is 0 Å². The molecule has 1 heteroatoms. The molecule has 1 aromatic rings. The van der Waals surface area contributed by atoms with E-state index < -0.39 is 0 Å². The van der Waals surface area contributed by atoms with Gasteiger partial charge in [-0.25, -0.2) is 0 Å². The number of rotatable bonds is 4. The van der Waals surface area contributed by atoms with Gasteiger partial charge in [0.15, 0.2) is 0 Å². The van der Waals surface area contributed by atoms with Crippen LogP contribution >= 0.6 is 0 Å². The number of nitrogens with two attached hydrogens (primary N) is 1. The average Bonchev–Trinajstić information content (AvgIpc) is 2.38. The van der Waals surface area contributed by atoms with Gasteiger partial charge in [-0.2, -0.15) is 0 Å². The van der Waals surface area contributed by atoms with Crippen molar-refractivity contribution in [1.29, 1.82) is 0 Å². The fourth-order valence-corrected chi connectivity index (χ4v) is 2.79. The third kappa shape index (κ3) is 3.85. The zero-order valence-electron chi connectivity index (χ0n) is 11.0. The van der Waals surface area contributed by atoms with E-state index in [-0.39, 0.29) is 0 Å². The van der Waals surface area contributed by atoms with E-state index >= 15 is 0 Å². The van der Waals surface area contributed by atoms with Crippen LogP contribution in [0.25, 0.3) is 0 Å². The van der Waals surface area contributed by atoms with Crippen LogP contribution in [0.1, 0.15) is 62.5 Å². The Morgan fingerprint density at radius 3 is 2.35 bits per heavy atom. The molecule has 1 unspecified atom stereocenters. The third-order valence-corrected chi connectivity index (χ3v) is 3.94. The molecule has 1 aliphatic rings. The smallest absolute Gasteiger partial charge is 0.00136 e. The van der Waals surface area contributed by atoms with Crippen molar-refractivity contribution in [3.05, 3.63) is 35.4 Å². The Morgan fingerprint density at radius 2 is 1.76 bits per heavy atom. The van der Waals surface area contributed by atoms with E-state index in [1.807, 2.05) is 0 Å². The molecular weight excluding hydrogens is 206 g/mol. The zero-order chi connectivity index (χ0) is 12.1. The molecule has 2 rings (SSSR count). The summed E-state index contributed by atoms with van der Waals surface area (Å²) in [5.74, 6) is 0.825. The third-order valence-electron chi connectivity index (χ3n) is 3.94.